The molecule has 0 aliphatic heterocycles. The number of methoxy groups -OCH3 is 3. The predicted octanol–water partition coefficient (Wildman–Crippen LogP) is 2.13. The van der Waals surface area contributed by atoms with Crippen LogP contribution in [0.1, 0.15) is 13.3 Å². The highest BCUT2D eigenvalue weighted by molar-refractivity contribution is 5.93. The van der Waals surface area contributed by atoms with Crippen molar-refractivity contribution >= 4 is 11.6 Å². The van der Waals surface area contributed by atoms with E-state index in [4.69, 9.17) is 18.9 Å². The van der Waals surface area contributed by atoms with Crippen molar-refractivity contribution in [3.63, 3.8) is 0 Å². The summed E-state index contributed by atoms with van der Waals surface area (Å²) in [5, 5.41) is 6.47. The van der Waals surface area contributed by atoms with E-state index < -0.39 is 0 Å². The van der Waals surface area contributed by atoms with Gasteiger partial charge in [-0.3, -0.25) is 4.99 Å². The quantitative estimate of drug-likeness (QED) is 0.366. The topological polar surface area (TPSA) is 73.3 Å². The number of ether oxygens (including phenoxy) is 4. The van der Waals surface area contributed by atoms with Crippen LogP contribution in [0.15, 0.2) is 23.2 Å². The third kappa shape index (κ3) is 7.52. The zero-order chi connectivity index (χ0) is 17.6. The molecule has 136 valence electrons. The summed E-state index contributed by atoms with van der Waals surface area (Å²) in [7, 11) is 4.89. The molecular formula is C17H29N3O4. The van der Waals surface area contributed by atoms with E-state index in [9.17, 15) is 0 Å². The van der Waals surface area contributed by atoms with Gasteiger partial charge in [-0.05, 0) is 25.5 Å². The highest BCUT2D eigenvalue weighted by Gasteiger charge is 2.06. The minimum atomic E-state index is 0.615. The molecule has 24 heavy (non-hydrogen) atoms. The van der Waals surface area contributed by atoms with E-state index in [1.807, 2.05) is 25.1 Å². The smallest absolute Gasteiger partial charge is 0.195 e. The van der Waals surface area contributed by atoms with Crippen LogP contribution >= 0.6 is 0 Å². The number of hydrogen-bond acceptors (Lipinski definition) is 5. The number of hydrogen-bond donors (Lipinski definition) is 2. The van der Waals surface area contributed by atoms with Crippen LogP contribution in [-0.2, 0) is 9.47 Å². The molecule has 2 N–H and O–H groups in total. The molecule has 0 spiro atoms. The Labute approximate surface area is 144 Å². The molecule has 0 fully saturated rings. The Kier molecular flexibility index (Phi) is 10.4. The molecule has 1 aromatic carbocycles. The number of nitrogens with one attached hydrogen (secondary N) is 2. The predicted molar refractivity (Wildman–Crippen MR) is 96.5 cm³/mol. The maximum Gasteiger partial charge on any atom is 0.195 e. The summed E-state index contributed by atoms with van der Waals surface area (Å²) in [5.74, 6) is 2.09. The summed E-state index contributed by atoms with van der Waals surface area (Å²) < 4.78 is 20.9. The van der Waals surface area contributed by atoms with Gasteiger partial charge in [0.1, 0.15) is 0 Å². The molecular weight excluding hydrogens is 310 g/mol. The normalized spacial score (nSPS) is 11.2. The molecule has 0 bridgehead atoms. The van der Waals surface area contributed by atoms with Crippen LogP contribution in [-0.4, -0.2) is 60.2 Å². The minimum Gasteiger partial charge on any atom is -0.493 e. The Balaban J connectivity index is 2.54. The Morgan fingerprint density at radius 1 is 1.04 bits per heavy atom. The standard InChI is InChI=1S/C17H29N3O4/c1-5-18-17(19-9-6-10-24-12-11-21-2)20-14-7-8-15(22-3)16(13-14)23-4/h7-8,13H,5-6,9-12H2,1-4H3,(H2,18,19,20). The molecule has 0 saturated carbocycles. The fourth-order valence-corrected chi connectivity index (χ4v) is 1.96. The number of nitrogens with zero attached hydrogens (tertiary/aromatic N) is 1. The lowest BCUT2D eigenvalue weighted by molar-refractivity contribution is 0.0702. The zero-order valence-corrected chi connectivity index (χ0v) is 15.1. The van der Waals surface area contributed by atoms with Crippen LogP contribution < -0.4 is 20.1 Å². The van der Waals surface area contributed by atoms with Gasteiger partial charge in [-0.1, -0.05) is 0 Å². The summed E-state index contributed by atoms with van der Waals surface area (Å²) in [6.07, 6.45) is 0.853. The average Bonchev–Trinajstić information content (AvgIpc) is 2.60. The minimum absolute atomic E-state index is 0.615. The fraction of sp³-hybridized carbons (Fsp3) is 0.588. The molecule has 0 heterocycles. The zero-order valence-electron chi connectivity index (χ0n) is 15.1. The van der Waals surface area contributed by atoms with E-state index in [2.05, 4.69) is 15.6 Å². The van der Waals surface area contributed by atoms with Crippen LogP contribution in [0.4, 0.5) is 5.69 Å². The summed E-state index contributed by atoms with van der Waals surface area (Å²) in [6, 6.07) is 5.65. The lowest BCUT2D eigenvalue weighted by Gasteiger charge is -2.13. The van der Waals surface area contributed by atoms with E-state index in [1.54, 1.807) is 21.3 Å². The Hall–Kier alpha value is -1.99. The fourth-order valence-electron chi connectivity index (χ4n) is 1.96. The van der Waals surface area contributed by atoms with Crippen LogP contribution in [0.5, 0.6) is 11.5 Å². The third-order valence-corrected chi connectivity index (χ3v) is 3.14. The first-order valence-electron chi connectivity index (χ1n) is 8.09. The summed E-state index contributed by atoms with van der Waals surface area (Å²) in [6.45, 7) is 5.39. The third-order valence-electron chi connectivity index (χ3n) is 3.14. The molecule has 0 saturated heterocycles. The molecule has 7 heteroatoms. The SMILES string of the molecule is CCNC(=NCCCOCCOC)Nc1ccc(OC)c(OC)c1. The highest BCUT2D eigenvalue weighted by Crippen LogP contribution is 2.29. The number of benzene rings is 1. The number of rotatable bonds is 11. The number of guanidine groups is 1. The molecule has 0 radical (unpaired) electrons. The lowest BCUT2D eigenvalue weighted by atomic mass is 10.3. The monoisotopic (exact) mass is 339 g/mol. The van der Waals surface area contributed by atoms with Gasteiger partial charge >= 0.3 is 0 Å². The Morgan fingerprint density at radius 2 is 1.83 bits per heavy atom. The van der Waals surface area contributed by atoms with Crippen molar-refractivity contribution in [2.24, 2.45) is 4.99 Å². The van der Waals surface area contributed by atoms with Crippen LogP contribution in [0, 0.1) is 0 Å². The second-order valence-corrected chi connectivity index (χ2v) is 4.91. The molecule has 0 aromatic heterocycles. The lowest BCUT2D eigenvalue weighted by Crippen LogP contribution is -2.30. The second-order valence-electron chi connectivity index (χ2n) is 4.91. The van der Waals surface area contributed by atoms with Gasteiger partial charge in [0.25, 0.3) is 0 Å². The van der Waals surface area contributed by atoms with E-state index in [0.717, 1.165) is 24.6 Å². The summed E-state index contributed by atoms with van der Waals surface area (Å²) in [5.41, 5.74) is 0.878. The Morgan fingerprint density at radius 3 is 2.50 bits per heavy atom. The van der Waals surface area contributed by atoms with Crippen molar-refractivity contribution < 1.29 is 18.9 Å². The van der Waals surface area contributed by atoms with Crippen molar-refractivity contribution in [3.8, 4) is 11.5 Å². The maximum atomic E-state index is 5.42. The van der Waals surface area contributed by atoms with Crippen molar-refractivity contribution in [1.82, 2.24) is 5.32 Å². The number of anilines is 1. The van der Waals surface area contributed by atoms with Crippen LogP contribution in [0.3, 0.4) is 0 Å². The van der Waals surface area contributed by atoms with Gasteiger partial charge in [0, 0.05) is 38.6 Å². The first-order valence-corrected chi connectivity index (χ1v) is 8.09. The Bertz CT molecular complexity index is 495. The molecule has 0 aliphatic rings. The van der Waals surface area contributed by atoms with Gasteiger partial charge in [0.05, 0.1) is 27.4 Å². The summed E-state index contributed by atoms with van der Waals surface area (Å²) >= 11 is 0. The van der Waals surface area contributed by atoms with Gasteiger partial charge in [0.2, 0.25) is 0 Å². The number of aliphatic imine (C=N–C) groups is 1. The molecule has 0 aliphatic carbocycles. The van der Waals surface area contributed by atoms with Crippen molar-refractivity contribution in [2.75, 3.05) is 59.6 Å². The van der Waals surface area contributed by atoms with Gasteiger partial charge < -0.3 is 29.6 Å². The van der Waals surface area contributed by atoms with Crippen molar-refractivity contribution in [3.05, 3.63) is 18.2 Å². The first-order chi connectivity index (χ1) is 11.7. The van der Waals surface area contributed by atoms with Crippen LogP contribution in [0.2, 0.25) is 0 Å². The van der Waals surface area contributed by atoms with Crippen molar-refractivity contribution in [1.29, 1.82) is 0 Å². The molecule has 1 aromatic rings. The molecule has 7 nitrogen and oxygen atoms in total. The van der Waals surface area contributed by atoms with Gasteiger partial charge in [-0.2, -0.15) is 0 Å². The highest BCUT2D eigenvalue weighted by atomic mass is 16.5. The molecule has 0 atom stereocenters. The average molecular weight is 339 g/mol. The van der Waals surface area contributed by atoms with Gasteiger partial charge in [0.15, 0.2) is 17.5 Å². The van der Waals surface area contributed by atoms with E-state index in [0.29, 0.717) is 37.9 Å². The van der Waals surface area contributed by atoms with Crippen LogP contribution in [0.25, 0.3) is 0 Å². The van der Waals surface area contributed by atoms with E-state index >= 15 is 0 Å². The second kappa shape index (κ2) is 12.4. The van der Waals surface area contributed by atoms with Gasteiger partial charge in [-0.15, -0.1) is 0 Å². The van der Waals surface area contributed by atoms with E-state index in [1.165, 1.54) is 0 Å². The van der Waals surface area contributed by atoms with Gasteiger partial charge in [-0.25, -0.2) is 0 Å². The molecule has 0 amide bonds. The molecule has 1 rings (SSSR count). The first kappa shape index (κ1) is 20.1. The molecule has 0 unspecified atom stereocenters. The summed E-state index contributed by atoms with van der Waals surface area (Å²) in [4.78, 5) is 4.54. The van der Waals surface area contributed by atoms with E-state index in [-0.39, 0.29) is 0 Å². The largest absolute Gasteiger partial charge is 0.493 e. The van der Waals surface area contributed by atoms with Crippen molar-refractivity contribution in [2.45, 2.75) is 13.3 Å². The maximum absolute atomic E-state index is 5.42.